The number of benzene rings is 2. The Morgan fingerprint density at radius 3 is 1.14 bits per heavy atom. The second-order valence-electron chi connectivity index (χ2n) is 7.78. The van der Waals surface area contributed by atoms with Gasteiger partial charge in [0.1, 0.15) is 0 Å². The Bertz CT molecular complexity index is 761. The Balaban J connectivity index is 2.20. The van der Waals surface area contributed by atoms with Gasteiger partial charge in [0.05, 0.1) is 0 Å². The molecule has 0 saturated heterocycles. The first-order valence-electron chi connectivity index (χ1n) is 10.1. The van der Waals surface area contributed by atoms with Gasteiger partial charge >= 0.3 is 174 Å². The molecule has 0 aromatic heterocycles. The van der Waals surface area contributed by atoms with Crippen molar-refractivity contribution in [3.05, 3.63) is 71.8 Å². The molecule has 0 saturated carbocycles. The molecule has 1 aliphatic heterocycles. The zero-order valence-electron chi connectivity index (χ0n) is 18.0. The van der Waals surface area contributed by atoms with Gasteiger partial charge in [0, 0.05) is 0 Å². The van der Waals surface area contributed by atoms with Crippen molar-refractivity contribution in [1.29, 1.82) is 0 Å². The average molecular weight is 418 g/mol. The van der Waals surface area contributed by atoms with Crippen molar-refractivity contribution < 1.29 is 22.6 Å². The van der Waals surface area contributed by atoms with Crippen molar-refractivity contribution in [2.75, 3.05) is 0 Å². The molecule has 0 spiro atoms. The summed E-state index contributed by atoms with van der Waals surface area (Å²) in [5, 5.41) is 0. The first-order valence-corrected chi connectivity index (χ1v) is 11.9. The molecule has 0 aliphatic carbocycles. The second-order valence-corrected chi connectivity index (χ2v) is 10.3. The Labute approximate surface area is 173 Å². The van der Waals surface area contributed by atoms with Crippen LogP contribution in [0.2, 0.25) is 0 Å². The van der Waals surface area contributed by atoms with Gasteiger partial charge in [0.25, 0.3) is 0 Å². The summed E-state index contributed by atoms with van der Waals surface area (Å²) in [5.41, 5.74) is 1.73. The fourth-order valence-corrected chi connectivity index (χ4v) is 6.67. The molecule has 3 rings (SSSR count). The van der Waals surface area contributed by atoms with E-state index in [2.05, 4.69) is 0 Å². The summed E-state index contributed by atoms with van der Waals surface area (Å²) < 4.78 is 32.0. The van der Waals surface area contributed by atoms with Gasteiger partial charge in [-0.25, -0.2) is 0 Å². The number of rotatable bonds is 8. The molecule has 2 aromatic carbocycles. The fraction of sp³-hybridized carbons (Fsp3) is 0.391. The zero-order chi connectivity index (χ0) is 21.1. The molecule has 0 N–H and O–H groups in total. The molecular formula is C23H31O5P. The number of hydrogen-bond acceptors (Lipinski definition) is 5. The summed E-state index contributed by atoms with van der Waals surface area (Å²) in [6, 6.07) is 19.6. The van der Waals surface area contributed by atoms with Crippen molar-refractivity contribution in [2.24, 2.45) is 0 Å². The quantitative estimate of drug-likeness (QED) is 0.434. The van der Waals surface area contributed by atoms with E-state index in [1.807, 2.05) is 102 Å². The van der Waals surface area contributed by atoms with E-state index < -0.39 is 7.74 Å². The molecule has 0 bridgehead atoms. The second kappa shape index (κ2) is 8.45. The van der Waals surface area contributed by atoms with Gasteiger partial charge in [-0.3, -0.25) is 0 Å². The van der Waals surface area contributed by atoms with Gasteiger partial charge < -0.3 is 0 Å². The van der Waals surface area contributed by atoms with E-state index in [0.717, 1.165) is 11.1 Å². The van der Waals surface area contributed by atoms with Crippen LogP contribution in [0.5, 0.6) is 0 Å². The Kier molecular flexibility index (Phi) is 6.35. The molecule has 5 nitrogen and oxygen atoms in total. The molecule has 1 heterocycles. The van der Waals surface area contributed by atoms with Crippen LogP contribution in [0.3, 0.4) is 0 Å². The van der Waals surface area contributed by atoms with Crippen molar-refractivity contribution >= 4 is 19.3 Å². The molecule has 0 fully saturated rings. The van der Waals surface area contributed by atoms with Crippen LogP contribution in [0, 0.1) is 0 Å². The number of hydrogen-bond donors (Lipinski definition) is 0. The molecule has 29 heavy (non-hydrogen) atoms. The summed E-state index contributed by atoms with van der Waals surface area (Å²) in [6.07, 6.45) is -0.716. The van der Waals surface area contributed by atoms with Crippen LogP contribution in [0.15, 0.2) is 60.7 Å². The van der Waals surface area contributed by atoms with Gasteiger partial charge in [-0.1, -0.05) is 0 Å². The Morgan fingerprint density at radius 2 is 0.862 bits per heavy atom. The van der Waals surface area contributed by atoms with Crippen LogP contribution in [-0.2, 0) is 22.6 Å². The third-order valence-corrected chi connectivity index (χ3v) is 7.17. The van der Waals surface area contributed by atoms with Crippen LogP contribution < -0.4 is 0 Å². The molecule has 0 atom stereocenters. The summed E-state index contributed by atoms with van der Waals surface area (Å²) in [7, 11) is -4.44. The van der Waals surface area contributed by atoms with Gasteiger partial charge in [-0.15, -0.1) is 0 Å². The van der Waals surface area contributed by atoms with Crippen molar-refractivity contribution in [1.82, 2.24) is 0 Å². The molecule has 2 aromatic rings. The molecular weight excluding hydrogens is 387 g/mol. The first kappa shape index (κ1) is 21.8. The molecule has 0 radical (unpaired) electrons. The predicted octanol–water partition coefficient (Wildman–Crippen LogP) is 6.96. The maximum absolute atomic E-state index is 6.54. The standard InChI is InChI=1S/C23H31O5P/c1-17(2)24-29(25-18(3)4,26-19(5)6)27-22(20-13-9-7-10-14-20)23(28-29)21-15-11-8-12-16-21/h7-19H,1-6H3. The van der Waals surface area contributed by atoms with E-state index in [1.165, 1.54) is 0 Å². The Morgan fingerprint density at radius 1 is 0.552 bits per heavy atom. The molecule has 1 aliphatic rings. The van der Waals surface area contributed by atoms with Crippen LogP contribution in [0.4, 0.5) is 0 Å². The monoisotopic (exact) mass is 418 g/mol. The van der Waals surface area contributed by atoms with E-state index in [9.17, 15) is 0 Å². The average Bonchev–Trinajstić information content (AvgIpc) is 2.96. The SMILES string of the molecule is CC(C)OP1(OC(C)C)(OC(C)C)OC(c2ccccc2)=C(c2ccccc2)O1. The van der Waals surface area contributed by atoms with Gasteiger partial charge in [-0.2, -0.15) is 0 Å². The maximum atomic E-state index is 6.54. The summed E-state index contributed by atoms with van der Waals surface area (Å²) >= 11 is 0. The van der Waals surface area contributed by atoms with E-state index in [4.69, 9.17) is 22.6 Å². The van der Waals surface area contributed by atoms with Crippen LogP contribution in [-0.4, -0.2) is 18.3 Å². The minimum atomic E-state index is -4.44. The van der Waals surface area contributed by atoms with Crippen LogP contribution in [0.1, 0.15) is 52.7 Å². The summed E-state index contributed by atoms with van der Waals surface area (Å²) in [5.74, 6) is 1.10. The Hall–Kier alpha value is -1.91. The molecule has 6 heteroatoms. The summed E-state index contributed by atoms with van der Waals surface area (Å²) in [4.78, 5) is 0. The van der Waals surface area contributed by atoms with Crippen molar-refractivity contribution in [2.45, 2.75) is 59.9 Å². The summed E-state index contributed by atoms with van der Waals surface area (Å²) in [6.45, 7) is 11.5. The van der Waals surface area contributed by atoms with E-state index in [-0.39, 0.29) is 18.3 Å². The fourth-order valence-electron chi connectivity index (χ4n) is 3.18. The van der Waals surface area contributed by atoms with Gasteiger partial charge in [0.15, 0.2) is 0 Å². The van der Waals surface area contributed by atoms with E-state index in [1.54, 1.807) is 0 Å². The van der Waals surface area contributed by atoms with E-state index >= 15 is 0 Å². The van der Waals surface area contributed by atoms with Gasteiger partial charge in [-0.05, 0) is 0 Å². The molecule has 158 valence electrons. The van der Waals surface area contributed by atoms with Crippen LogP contribution >= 0.6 is 7.74 Å². The zero-order valence-corrected chi connectivity index (χ0v) is 18.9. The van der Waals surface area contributed by atoms with Crippen molar-refractivity contribution in [3.8, 4) is 0 Å². The normalized spacial score (nSPS) is 19.1. The van der Waals surface area contributed by atoms with Crippen LogP contribution in [0.25, 0.3) is 11.5 Å². The third kappa shape index (κ3) is 4.81. The third-order valence-electron chi connectivity index (χ3n) is 3.91. The van der Waals surface area contributed by atoms with Crippen molar-refractivity contribution in [3.63, 3.8) is 0 Å². The predicted molar refractivity (Wildman–Crippen MR) is 117 cm³/mol. The van der Waals surface area contributed by atoms with Gasteiger partial charge in [0.2, 0.25) is 0 Å². The molecule has 0 unspecified atom stereocenters. The topological polar surface area (TPSA) is 46.2 Å². The first-order chi connectivity index (χ1) is 13.7. The molecule has 0 amide bonds. The minimum absolute atomic E-state index is 0.239. The van der Waals surface area contributed by atoms with E-state index in [0.29, 0.717) is 11.5 Å².